The Bertz CT molecular complexity index is 455. The summed E-state index contributed by atoms with van der Waals surface area (Å²) in [6.45, 7) is 5.35. The summed E-state index contributed by atoms with van der Waals surface area (Å²) >= 11 is 0. The summed E-state index contributed by atoms with van der Waals surface area (Å²) < 4.78 is 27.2. The van der Waals surface area contributed by atoms with Gasteiger partial charge in [0.2, 0.25) is 0 Å². The zero-order valence-electron chi connectivity index (χ0n) is 11.9. The predicted octanol–water partition coefficient (Wildman–Crippen LogP) is 2.81. The molecule has 1 rings (SSSR count). The second-order valence-corrected chi connectivity index (χ2v) is 4.97. The second-order valence-electron chi connectivity index (χ2n) is 4.97. The van der Waals surface area contributed by atoms with E-state index >= 15 is 0 Å². The van der Waals surface area contributed by atoms with Crippen LogP contribution in [0.15, 0.2) is 12.1 Å². The molecule has 0 saturated carbocycles. The standard InChI is InChI=1S/C14H20F2N2O2/c1-9(2)18(3)6-4-5-17-13-11(15)7-10(14(19)20)8-12(13)16/h7-9,17H,4-6H2,1-3H3,(H,19,20). The lowest BCUT2D eigenvalue weighted by atomic mass is 10.2. The maximum absolute atomic E-state index is 13.6. The molecule has 112 valence electrons. The number of hydrogen-bond acceptors (Lipinski definition) is 3. The number of nitrogens with one attached hydrogen (secondary N) is 1. The van der Waals surface area contributed by atoms with E-state index in [1.165, 1.54) is 0 Å². The number of rotatable bonds is 7. The molecule has 0 radical (unpaired) electrons. The summed E-state index contributed by atoms with van der Waals surface area (Å²) in [6.07, 6.45) is 0.730. The lowest BCUT2D eigenvalue weighted by Crippen LogP contribution is -2.28. The van der Waals surface area contributed by atoms with Gasteiger partial charge in [0.25, 0.3) is 0 Å². The largest absolute Gasteiger partial charge is 0.478 e. The third-order valence-electron chi connectivity index (χ3n) is 3.16. The van der Waals surface area contributed by atoms with Gasteiger partial charge in [-0.05, 0) is 46.0 Å². The van der Waals surface area contributed by atoms with Crippen LogP contribution >= 0.6 is 0 Å². The van der Waals surface area contributed by atoms with E-state index in [9.17, 15) is 13.6 Å². The quantitative estimate of drug-likeness (QED) is 0.757. The molecular weight excluding hydrogens is 266 g/mol. The molecule has 0 fully saturated rings. The lowest BCUT2D eigenvalue weighted by Gasteiger charge is -2.21. The summed E-state index contributed by atoms with van der Waals surface area (Å²) in [5.41, 5.74) is -0.674. The van der Waals surface area contributed by atoms with E-state index in [0.717, 1.165) is 25.1 Å². The van der Waals surface area contributed by atoms with Crippen molar-refractivity contribution in [3.8, 4) is 0 Å². The van der Waals surface area contributed by atoms with Gasteiger partial charge < -0.3 is 15.3 Å². The molecule has 0 amide bonds. The Hall–Kier alpha value is -1.69. The van der Waals surface area contributed by atoms with E-state index in [0.29, 0.717) is 12.6 Å². The van der Waals surface area contributed by atoms with Gasteiger partial charge in [-0.15, -0.1) is 0 Å². The zero-order chi connectivity index (χ0) is 15.3. The Morgan fingerprint density at radius 2 is 1.90 bits per heavy atom. The van der Waals surface area contributed by atoms with E-state index in [1.807, 2.05) is 7.05 Å². The average Bonchev–Trinajstić information content (AvgIpc) is 2.36. The molecule has 4 nitrogen and oxygen atoms in total. The summed E-state index contributed by atoms with van der Waals surface area (Å²) in [7, 11) is 1.98. The van der Waals surface area contributed by atoms with Crippen molar-refractivity contribution in [3.63, 3.8) is 0 Å². The third kappa shape index (κ3) is 4.45. The molecule has 0 aliphatic rings. The van der Waals surface area contributed by atoms with Crippen LogP contribution in [-0.4, -0.2) is 42.2 Å². The molecule has 0 aliphatic carbocycles. The number of halogens is 2. The van der Waals surface area contributed by atoms with Crippen molar-refractivity contribution in [2.24, 2.45) is 0 Å². The van der Waals surface area contributed by atoms with E-state index in [4.69, 9.17) is 5.11 Å². The van der Waals surface area contributed by atoms with E-state index in [2.05, 4.69) is 24.1 Å². The monoisotopic (exact) mass is 286 g/mol. The van der Waals surface area contributed by atoms with Crippen LogP contribution in [0.25, 0.3) is 0 Å². The first-order valence-electron chi connectivity index (χ1n) is 6.49. The smallest absolute Gasteiger partial charge is 0.335 e. The number of carboxylic acids is 1. The molecule has 2 N–H and O–H groups in total. The number of hydrogen-bond donors (Lipinski definition) is 2. The minimum atomic E-state index is -1.35. The van der Waals surface area contributed by atoms with Crippen LogP contribution < -0.4 is 5.32 Å². The number of aromatic carboxylic acids is 1. The molecule has 0 aliphatic heterocycles. The molecule has 0 bridgehead atoms. The Morgan fingerprint density at radius 3 is 2.35 bits per heavy atom. The maximum atomic E-state index is 13.6. The van der Waals surface area contributed by atoms with Crippen LogP contribution in [0.3, 0.4) is 0 Å². The summed E-state index contributed by atoms with van der Waals surface area (Å²) in [5.74, 6) is -3.13. The summed E-state index contributed by atoms with van der Waals surface area (Å²) in [6, 6.07) is 2.04. The highest BCUT2D eigenvalue weighted by Crippen LogP contribution is 2.20. The minimum Gasteiger partial charge on any atom is -0.478 e. The van der Waals surface area contributed by atoms with Gasteiger partial charge in [0.1, 0.15) is 17.3 Å². The highest BCUT2D eigenvalue weighted by molar-refractivity contribution is 5.88. The number of carbonyl (C=O) groups is 1. The summed E-state index contributed by atoms with van der Waals surface area (Å²) in [5, 5.41) is 11.4. The van der Waals surface area contributed by atoms with Gasteiger partial charge in [0.05, 0.1) is 5.56 Å². The predicted molar refractivity (Wildman–Crippen MR) is 74.2 cm³/mol. The normalized spacial score (nSPS) is 11.2. The Kier molecular flexibility index (Phi) is 5.88. The number of benzene rings is 1. The first-order valence-corrected chi connectivity index (χ1v) is 6.49. The van der Waals surface area contributed by atoms with Gasteiger partial charge in [0, 0.05) is 12.6 Å². The molecule has 0 atom stereocenters. The van der Waals surface area contributed by atoms with Crippen LogP contribution in [0.1, 0.15) is 30.6 Å². The zero-order valence-corrected chi connectivity index (χ0v) is 11.9. The lowest BCUT2D eigenvalue weighted by molar-refractivity contribution is 0.0696. The van der Waals surface area contributed by atoms with Gasteiger partial charge in [-0.25, -0.2) is 13.6 Å². The number of carboxylic acid groups (broad SMARTS) is 1. The highest BCUT2D eigenvalue weighted by atomic mass is 19.1. The first kappa shape index (κ1) is 16.4. The van der Waals surface area contributed by atoms with Gasteiger partial charge >= 0.3 is 5.97 Å². The van der Waals surface area contributed by atoms with Gasteiger partial charge in [-0.2, -0.15) is 0 Å². The van der Waals surface area contributed by atoms with Crippen LogP contribution in [0.4, 0.5) is 14.5 Å². The molecule has 6 heteroatoms. The fourth-order valence-electron chi connectivity index (χ4n) is 1.67. The molecule has 1 aromatic rings. The highest BCUT2D eigenvalue weighted by Gasteiger charge is 2.14. The fourth-order valence-corrected chi connectivity index (χ4v) is 1.67. The Balaban J connectivity index is 2.59. The Morgan fingerprint density at radius 1 is 1.35 bits per heavy atom. The van der Waals surface area contributed by atoms with E-state index < -0.39 is 23.2 Å². The van der Waals surface area contributed by atoms with Crippen molar-refractivity contribution in [2.75, 3.05) is 25.5 Å². The van der Waals surface area contributed by atoms with E-state index in [1.54, 1.807) is 0 Å². The van der Waals surface area contributed by atoms with Crippen molar-refractivity contribution in [1.29, 1.82) is 0 Å². The van der Waals surface area contributed by atoms with Crippen molar-refractivity contribution in [2.45, 2.75) is 26.3 Å². The van der Waals surface area contributed by atoms with Crippen LogP contribution in [0.2, 0.25) is 0 Å². The summed E-state index contributed by atoms with van der Waals surface area (Å²) in [4.78, 5) is 12.8. The molecule has 0 saturated heterocycles. The molecule has 0 spiro atoms. The average molecular weight is 286 g/mol. The first-order chi connectivity index (χ1) is 9.32. The van der Waals surface area contributed by atoms with Crippen LogP contribution in [0.5, 0.6) is 0 Å². The molecular formula is C14H20F2N2O2. The molecule has 0 heterocycles. The number of nitrogens with zero attached hydrogens (tertiary/aromatic N) is 1. The van der Waals surface area contributed by atoms with E-state index in [-0.39, 0.29) is 5.69 Å². The van der Waals surface area contributed by atoms with Gasteiger partial charge in [-0.3, -0.25) is 0 Å². The van der Waals surface area contributed by atoms with Crippen molar-refractivity contribution in [3.05, 3.63) is 29.3 Å². The van der Waals surface area contributed by atoms with Gasteiger partial charge in [-0.1, -0.05) is 0 Å². The minimum absolute atomic E-state index is 0.276. The second kappa shape index (κ2) is 7.19. The maximum Gasteiger partial charge on any atom is 0.335 e. The molecule has 0 unspecified atom stereocenters. The van der Waals surface area contributed by atoms with Gasteiger partial charge in [0.15, 0.2) is 0 Å². The topological polar surface area (TPSA) is 52.6 Å². The third-order valence-corrected chi connectivity index (χ3v) is 3.16. The van der Waals surface area contributed by atoms with Crippen LogP contribution in [-0.2, 0) is 0 Å². The molecule has 20 heavy (non-hydrogen) atoms. The van der Waals surface area contributed by atoms with Crippen LogP contribution in [0, 0.1) is 11.6 Å². The fraction of sp³-hybridized carbons (Fsp3) is 0.500. The SMILES string of the molecule is CC(C)N(C)CCCNc1c(F)cc(C(=O)O)cc1F. The van der Waals surface area contributed by atoms with Crippen molar-refractivity contribution >= 4 is 11.7 Å². The molecule has 0 aromatic heterocycles. The number of anilines is 1. The van der Waals surface area contributed by atoms with Crippen molar-refractivity contribution < 1.29 is 18.7 Å². The Labute approximate surface area is 117 Å². The molecule has 1 aromatic carbocycles. The van der Waals surface area contributed by atoms with Crippen molar-refractivity contribution in [1.82, 2.24) is 4.90 Å².